The molecule has 7 heteroatoms. The second kappa shape index (κ2) is 7.98. The summed E-state index contributed by atoms with van der Waals surface area (Å²) in [5.74, 6) is 0.559. The summed E-state index contributed by atoms with van der Waals surface area (Å²) in [5.41, 5.74) is 5.01. The maximum Gasteiger partial charge on any atom is 0.289 e. The minimum atomic E-state index is -0.398. The van der Waals surface area contributed by atoms with E-state index < -0.39 is 5.91 Å². The van der Waals surface area contributed by atoms with Crippen LogP contribution in [0.25, 0.3) is 11.3 Å². The first-order valence-electron chi connectivity index (χ1n) is 8.07. The molecule has 2 aromatic carbocycles. The molecular weight excluding hydrogens is 332 g/mol. The molecule has 26 heavy (non-hydrogen) atoms. The van der Waals surface area contributed by atoms with E-state index in [2.05, 4.69) is 20.7 Å². The van der Waals surface area contributed by atoms with Crippen molar-refractivity contribution in [2.45, 2.75) is 6.92 Å². The van der Waals surface area contributed by atoms with Gasteiger partial charge in [-0.05, 0) is 67.1 Å². The second-order valence-corrected chi connectivity index (χ2v) is 5.41. The first-order chi connectivity index (χ1) is 12.7. The zero-order chi connectivity index (χ0) is 18.4. The monoisotopic (exact) mass is 350 g/mol. The lowest BCUT2D eigenvalue weighted by molar-refractivity contribution is 0.0950. The highest BCUT2D eigenvalue weighted by atomic mass is 16.5. The van der Waals surface area contributed by atoms with E-state index in [1.807, 2.05) is 31.2 Å². The largest absolute Gasteiger partial charge is 0.508 e. The predicted octanol–water partition coefficient (Wildman–Crippen LogP) is 2.94. The Kier molecular flexibility index (Phi) is 5.28. The molecule has 0 atom stereocenters. The van der Waals surface area contributed by atoms with Gasteiger partial charge in [0.05, 0.1) is 18.5 Å². The number of ether oxygens (including phenoxy) is 1. The van der Waals surface area contributed by atoms with Crippen LogP contribution in [0.3, 0.4) is 0 Å². The number of nitrogens with zero attached hydrogens (tertiary/aromatic N) is 2. The summed E-state index contributed by atoms with van der Waals surface area (Å²) in [5, 5.41) is 20.0. The third-order valence-corrected chi connectivity index (χ3v) is 3.56. The minimum absolute atomic E-state index is 0.172. The first-order valence-corrected chi connectivity index (χ1v) is 8.07. The molecule has 0 aliphatic rings. The average Bonchev–Trinajstić information content (AvgIpc) is 3.14. The maximum absolute atomic E-state index is 12.1. The molecule has 0 radical (unpaired) electrons. The van der Waals surface area contributed by atoms with Crippen LogP contribution >= 0.6 is 0 Å². The van der Waals surface area contributed by atoms with E-state index in [1.54, 1.807) is 30.3 Å². The minimum Gasteiger partial charge on any atom is -0.508 e. The number of amides is 1. The Bertz CT molecular complexity index is 899. The van der Waals surface area contributed by atoms with Gasteiger partial charge < -0.3 is 9.84 Å². The van der Waals surface area contributed by atoms with Gasteiger partial charge in [0.25, 0.3) is 5.91 Å². The molecule has 3 N–H and O–H groups in total. The van der Waals surface area contributed by atoms with Crippen molar-refractivity contribution in [2.75, 3.05) is 6.61 Å². The molecule has 3 aromatic rings. The van der Waals surface area contributed by atoms with Gasteiger partial charge >= 0.3 is 0 Å². The Morgan fingerprint density at radius 2 is 1.96 bits per heavy atom. The predicted molar refractivity (Wildman–Crippen MR) is 98.4 cm³/mol. The number of nitrogens with one attached hydrogen (secondary N) is 2. The molecule has 0 fully saturated rings. The third-order valence-electron chi connectivity index (χ3n) is 3.56. The first kappa shape index (κ1) is 17.2. The van der Waals surface area contributed by atoms with Crippen molar-refractivity contribution in [3.63, 3.8) is 0 Å². The molecule has 7 nitrogen and oxygen atoms in total. The molecule has 0 aliphatic carbocycles. The number of rotatable bonds is 6. The second-order valence-electron chi connectivity index (χ2n) is 5.41. The number of benzene rings is 2. The van der Waals surface area contributed by atoms with Crippen molar-refractivity contribution in [3.05, 3.63) is 65.9 Å². The van der Waals surface area contributed by atoms with E-state index in [4.69, 9.17) is 4.74 Å². The number of carbonyl (C=O) groups is 1. The fourth-order valence-corrected chi connectivity index (χ4v) is 2.26. The van der Waals surface area contributed by atoms with Crippen LogP contribution in [0, 0.1) is 0 Å². The Morgan fingerprint density at radius 3 is 2.65 bits per heavy atom. The third kappa shape index (κ3) is 4.27. The lowest BCUT2D eigenvalue weighted by Gasteiger charge is -2.02. The van der Waals surface area contributed by atoms with Crippen LogP contribution < -0.4 is 10.2 Å². The van der Waals surface area contributed by atoms with Crippen molar-refractivity contribution in [1.82, 2.24) is 15.6 Å². The number of aromatic hydroxyl groups is 1. The highest BCUT2D eigenvalue weighted by molar-refractivity contribution is 5.94. The van der Waals surface area contributed by atoms with Gasteiger partial charge in [-0.1, -0.05) is 0 Å². The Hall–Kier alpha value is -3.61. The van der Waals surface area contributed by atoms with E-state index in [0.29, 0.717) is 18.0 Å². The molecule has 0 spiro atoms. The fraction of sp³-hybridized carbons (Fsp3) is 0.105. The van der Waals surface area contributed by atoms with Gasteiger partial charge in [0.2, 0.25) is 0 Å². The lowest BCUT2D eigenvalue weighted by atomic mass is 10.1. The molecule has 3 rings (SSSR count). The topological polar surface area (TPSA) is 99.6 Å². The highest BCUT2D eigenvalue weighted by Gasteiger charge is 2.10. The van der Waals surface area contributed by atoms with Gasteiger partial charge in [-0.2, -0.15) is 10.2 Å². The lowest BCUT2D eigenvalue weighted by Crippen LogP contribution is -2.17. The summed E-state index contributed by atoms with van der Waals surface area (Å²) in [6, 6.07) is 15.6. The number of carbonyl (C=O) groups excluding carboxylic acids is 1. The summed E-state index contributed by atoms with van der Waals surface area (Å²) in [7, 11) is 0. The van der Waals surface area contributed by atoms with E-state index in [1.165, 1.54) is 6.21 Å². The summed E-state index contributed by atoms with van der Waals surface area (Å²) in [4.78, 5) is 12.1. The standard InChI is InChI=1S/C19H18N4O3/c1-2-26-16-9-5-14(6-10-16)17-11-18(22-21-17)19(25)23-20-12-13-3-7-15(24)8-4-13/h3-12,24H,2H2,1H3,(H,21,22)(H,23,25). The number of aromatic amines is 1. The Labute approximate surface area is 150 Å². The van der Waals surface area contributed by atoms with Gasteiger partial charge in [0.15, 0.2) is 0 Å². The van der Waals surface area contributed by atoms with Gasteiger partial charge in [0.1, 0.15) is 17.2 Å². The van der Waals surface area contributed by atoms with E-state index >= 15 is 0 Å². The fourth-order valence-electron chi connectivity index (χ4n) is 2.26. The molecule has 0 saturated heterocycles. The van der Waals surface area contributed by atoms with Crippen LogP contribution in [-0.4, -0.2) is 34.0 Å². The summed E-state index contributed by atoms with van der Waals surface area (Å²) in [6.45, 7) is 2.54. The van der Waals surface area contributed by atoms with Crippen molar-refractivity contribution in [1.29, 1.82) is 0 Å². The van der Waals surface area contributed by atoms with Crippen LogP contribution in [0.5, 0.6) is 11.5 Å². The van der Waals surface area contributed by atoms with Crippen LogP contribution in [-0.2, 0) is 0 Å². The normalized spacial score (nSPS) is 10.8. The van der Waals surface area contributed by atoms with Gasteiger partial charge in [-0.15, -0.1) is 0 Å². The maximum atomic E-state index is 12.1. The molecule has 0 aliphatic heterocycles. The van der Waals surface area contributed by atoms with Crippen molar-refractivity contribution in [3.8, 4) is 22.8 Å². The van der Waals surface area contributed by atoms with Crippen LogP contribution in [0.4, 0.5) is 0 Å². The van der Waals surface area contributed by atoms with Gasteiger partial charge in [-0.3, -0.25) is 9.89 Å². The Morgan fingerprint density at radius 1 is 1.23 bits per heavy atom. The molecule has 1 aromatic heterocycles. The van der Waals surface area contributed by atoms with Crippen LogP contribution in [0.2, 0.25) is 0 Å². The SMILES string of the molecule is CCOc1ccc(-c2cc(C(=O)NN=Cc3ccc(O)cc3)[nH]n2)cc1. The molecule has 0 saturated carbocycles. The molecule has 0 unspecified atom stereocenters. The number of phenols is 1. The number of phenolic OH excluding ortho intramolecular Hbond substituents is 1. The van der Waals surface area contributed by atoms with Crippen molar-refractivity contribution in [2.24, 2.45) is 5.10 Å². The average molecular weight is 350 g/mol. The molecule has 132 valence electrons. The van der Waals surface area contributed by atoms with Gasteiger partial charge in [0, 0.05) is 5.56 Å². The van der Waals surface area contributed by atoms with Crippen LogP contribution in [0.1, 0.15) is 23.0 Å². The van der Waals surface area contributed by atoms with E-state index in [-0.39, 0.29) is 5.75 Å². The summed E-state index contributed by atoms with van der Waals surface area (Å²) >= 11 is 0. The van der Waals surface area contributed by atoms with Crippen molar-refractivity contribution >= 4 is 12.1 Å². The smallest absolute Gasteiger partial charge is 0.289 e. The zero-order valence-corrected chi connectivity index (χ0v) is 14.1. The van der Waals surface area contributed by atoms with Crippen LogP contribution in [0.15, 0.2) is 59.7 Å². The highest BCUT2D eigenvalue weighted by Crippen LogP contribution is 2.21. The van der Waals surface area contributed by atoms with E-state index in [9.17, 15) is 9.90 Å². The molecule has 0 bridgehead atoms. The zero-order valence-electron chi connectivity index (χ0n) is 14.1. The van der Waals surface area contributed by atoms with E-state index in [0.717, 1.165) is 16.9 Å². The molecule has 1 amide bonds. The number of aromatic nitrogens is 2. The Balaban J connectivity index is 1.63. The van der Waals surface area contributed by atoms with Gasteiger partial charge in [-0.25, -0.2) is 5.43 Å². The number of hydrazone groups is 1. The molecule has 1 heterocycles. The quantitative estimate of drug-likeness (QED) is 0.470. The number of hydrogen-bond acceptors (Lipinski definition) is 5. The molecular formula is C19H18N4O3. The number of H-pyrrole nitrogens is 1. The van der Waals surface area contributed by atoms with Crippen molar-refractivity contribution < 1.29 is 14.6 Å². The summed E-state index contributed by atoms with van der Waals surface area (Å²) in [6.07, 6.45) is 1.49. The number of hydrogen-bond donors (Lipinski definition) is 3. The summed E-state index contributed by atoms with van der Waals surface area (Å²) < 4.78 is 5.41.